The van der Waals surface area contributed by atoms with Crippen molar-refractivity contribution in [2.75, 3.05) is 0 Å². The molecule has 56 heavy (non-hydrogen) atoms. The molecule has 260 valence electrons. The van der Waals surface area contributed by atoms with Gasteiger partial charge < -0.3 is 8.98 Å². The van der Waals surface area contributed by atoms with E-state index < -0.39 is 0 Å². The van der Waals surface area contributed by atoms with Gasteiger partial charge in [0.15, 0.2) is 0 Å². The second-order valence-electron chi connectivity index (χ2n) is 14.8. The summed E-state index contributed by atoms with van der Waals surface area (Å²) in [7, 11) is 0. The number of fused-ring (bicyclic) bond motifs is 14. The summed E-state index contributed by atoms with van der Waals surface area (Å²) in [5, 5.41) is 4.74. The smallest absolute Gasteiger partial charge is 0.135 e. The molecule has 0 fully saturated rings. The summed E-state index contributed by atoms with van der Waals surface area (Å²) in [6, 6.07) is 73.2. The highest BCUT2D eigenvalue weighted by Crippen LogP contribution is 2.51. The van der Waals surface area contributed by atoms with E-state index in [1.54, 1.807) is 0 Å². The van der Waals surface area contributed by atoms with Crippen molar-refractivity contribution < 1.29 is 4.42 Å². The lowest BCUT2D eigenvalue weighted by atomic mass is 9.78. The molecule has 9 aromatic carbocycles. The van der Waals surface area contributed by atoms with Crippen molar-refractivity contribution in [1.29, 1.82) is 0 Å². The van der Waals surface area contributed by atoms with Gasteiger partial charge >= 0.3 is 0 Å². The van der Waals surface area contributed by atoms with Crippen molar-refractivity contribution in [2.24, 2.45) is 0 Å². The van der Waals surface area contributed by atoms with Crippen LogP contribution >= 0.6 is 0 Å². The van der Waals surface area contributed by atoms with Gasteiger partial charge in [0, 0.05) is 27.2 Å². The molecule has 0 aliphatic heterocycles. The van der Waals surface area contributed by atoms with Gasteiger partial charge in [0.2, 0.25) is 0 Å². The van der Waals surface area contributed by atoms with Gasteiger partial charge in [0.25, 0.3) is 0 Å². The fourth-order valence-corrected chi connectivity index (χ4v) is 9.32. The van der Waals surface area contributed by atoms with E-state index in [1.807, 2.05) is 12.1 Å². The summed E-state index contributed by atoms with van der Waals surface area (Å²) >= 11 is 0. The summed E-state index contributed by atoms with van der Waals surface area (Å²) in [5.74, 6) is 0. The molecule has 0 saturated carbocycles. The Morgan fingerprint density at radius 1 is 0.286 bits per heavy atom. The van der Waals surface area contributed by atoms with Gasteiger partial charge in [0.1, 0.15) is 11.2 Å². The third-order valence-corrected chi connectivity index (χ3v) is 11.8. The second kappa shape index (κ2) is 12.0. The maximum Gasteiger partial charge on any atom is 0.135 e. The SMILES string of the molecule is c1ccc2c(c1)-c1ccccc1-c1cccc(-c3cc(-c4ccc5oc6ccccc6c5c4)cc(-n4c5ccccc5c5ccccc54)c3)c1-c1ccccc1-2. The molecule has 0 saturated heterocycles. The van der Waals surface area contributed by atoms with E-state index in [4.69, 9.17) is 4.42 Å². The monoisotopic (exact) mass is 711 g/mol. The van der Waals surface area contributed by atoms with Crippen molar-refractivity contribution in [1.82, 2.24) is 4.57 Å². The van der Waals surface area contributed by atoms with Crippen LogP contribution in [0.2, 0.25) is 0 Å². The summed E-state index contributed by atoms with van der Waals surface area (Å²) < 4.78 is 8.72. The zero-order valence-electron chi connectivity index (χ0n) is 30.4. The molecule has 0 unspecified atom stereocenters. The molecule has 2 nitrogen and oxygen atoms in total. The van der Waals surface area contributed by atoms with Crippen LogP contribution in [0.3, 0.4) is 0 Å². The summed E-state index contributed by atoms with van der Waals surface area (Å²) in [6.07, 6.45) is 0. The predicted molar refractivity (Wildman–Crippen MR) is 234 cm³/mol. The Bertz CT molecular complexity index is 3320. The molecule has 2 heteroatoms. The van der Waals surface area contributed by atoms with E-state index in [1.165, 1.54) is 71.9 Å². The van der Waals surface area contributed by atoms with Crippen LogP contribution in [-0.4, -0.2) is 4.57 Å². The highest BCUT2D eigenvalue weighted by Gasteiger charge is 2.25. The average molecular weight is 712 g/mol. The van der Waals surface area contributed by atoms with Crippen LogP contribution in [0.15, 0.2) is 205 Å². The minimum atomic E-state index is 0.897. The summed E-state index contributed by atoms with van der Waals surface area (Å²) in [5.41, 5.74) is 19.9. The fourth-order valence-electron chi connectivity index (χ4n) is 9.32. The normalized spacial score (nSPS) is 11.9. The molecule has 2 aromatic heterocycles. The molecule has 0 spiro atoms. The Balaban J connectivity index is 1.19. The van der Waals surface area contributed by atoms with Crippen molar-refractivity contribution in [3.8, 4) is 72.4 Å². The van der Waals surface area contributed by atoms with E-state index in [0.717, 1.165) is 44.3 Å². The molecule has 0 bridgehead atoms. The highest BCUT2D eigenvalue weighted by atomic mass is 16.3. The summed E-state index contributed by atoms with van der Waals surface area (Å²) in [4.78, 5) is 0. The number of rotatable bonds is 3. The number of benzene rings is 9. The topological polar surface area (TPSA) is 18.1 Å². The molecule has 12 rings (SSSR count). The first-order valence-electron chi connectivity index (χ1n) is 19.3. The van der Waals surface area contributed by atoms with E-state index in [2.05, 4.69) is 193 Å². The van der Waals surface area contributed by atoms with Crippen LogP contribution in [0.5, 0.6) is 0 Å². The highest BCUT2D eigenvalue weighted by molar-refractivity contribution is 6.11. The van der Waals surface area contributed by atoms with Crippen molar-refractivity contribution in [3.05, 3.63) is 200 Å². The Kier molecular flexibility index (Phi) is 6.66. The average Bonchev–Trinajstić information content (AvgIpc) is 3.81. The molecule has 11 aromatic rings. The van der Waals surface area contributed by atoms with Crippen LogP contribution in [-0.2, 0) is 0 Å². The second-order valence-corrected chi connectivity index (χ2v) is 14.8. The Morgan fingerprint density at radius 2 is 0.768 bits per heavy atom. The molecule has 1 aliphatic carbocycles. The number of aromatic nitrogens is 1. The first kappa shape index (κ1) is 31.0. The van der Waals surface area contributed by atoms with Gasteiger partial charge in [-0.2, -0.15) is 0 Å². The third kappa shape index (κ3) is 4.57. The minimum absolute atomic E-state index is 0.897. The third-order valence-electron chi connectivity index (χ3n) is 11.8. The van der Waals surface area contributed by atoms with Crippen LogP contribution in [0.1, 0.15) is 0 Å². The Hall–Kier alpha value is -7.42. The predicted octanol–water partition coefficient (Wildman–Crippen LogP) is 15.0. The quantitative estimate of drug-likeness (QED) is 0.178. The zero-order valence-corrected chi connectivity index (χ0v) is 30.4. The molecule has 1 aliphatic rings. The number of nitrogens with zero attached hydrogens (tertiary/aromatic N) is 1. The molecule has 2 heterocycles. The minimum Gasteiger partial charge on any atom is -0.456 e. The molecule has 0 radical (unpaired) electrons. The Morgan fingerprint density at radius 3 is 1.45 bits per heavy atom. The summed E-state index contributed by atoms with van der Waals surface area (Å²) in [6.45, 7) is 0. The van der Waals surface area contributed by atoms with Crippen molar-refractivity contribution >= 4 is 43.7 Å². The molecule has 0 atom stereocenters. The Labute approximate surface area is 324 Å². The zero-order chi connectivity index (χ0) is 36.7. The fraction of sp³-hybridized carbons (Fsp3) is 0. The number of hydrogen-bond donors (Lipinski definition) is 0. The first-order valence-corrected chi connectivity index (χ1v) is 19.3. The van der Waals surface area contributed by atoms with Gasteiger partial charge in [-0.25, -0.2) is 0 Å². The standard InChI is InChI=1S/C54H33NO/c1-2-15-40-39(14-1)41-16-3-4-17-43(41)48-24-13-23-38(54(48)47-22-6-5-18-42(40)47)36-30-35(34-28-29-53-49(33-34)46-21-9-12-27-52(46)56-53)31-37(32-36)55-50-25-10-7-19-44(50)45-20-8-11-26-51(45)55/h1-33H. The van der Waals surface area contributed by atoms with Crippen LogP contribution in [0.25, 0.3) is 116 Å². The van der Waals surface area contributed by atoms with Crippen LogP contribution in [0, 0.1) is 0 Å². The number of para-hydroxylation sites is 3. The number of hydrogen-bond acceptors (Lipinski definition) is 1. The van der Waals surface area contributed by atoms with E-state index in [-0.39, 0.29) is 0 Å². The molecule has 0 amide bonds. The van der Waals surface area contributed by atoms with E-state index >= 15 is 0 Å². The lowest BCUT2D eigenvalue weighted by Crippen LogP contribution is -2.00. The first-order chi connectivity index (χ1) is 27.8. The molecular formula is C54H33NO. The maximum atomic E-state index is 6.28. The molecular weight excluding hydrogens is 679 g/mol. The van der Waals surface area contributed by atoms with Gasteiger partial charge in [-0.1, -0.05) is 152 Å². The van der Waals surface area contributed by atoms with Crippen LogP contribution in [0.4, 0.5) is 0 Å². The van der Waals surface area contributed by atoms with Crippen LogP contribution < -0.4 is 0 Å². The van der Waals surface area contributed by atoms with E-state index in [9.17, 15) is 0 Å². The van der Waals surface area contributed by atoms with Gasteiger partial charge in [-0.3, -0.25) is 0 Å². The van der Waals surface area contributed by atoms with Gasteiger partial charge in [-0.05, 0) is 115 Å². The van der Waals surface area contributed by atoms with Crippen molar-refractivity contribution in [3.63, 3.8) is 0 Å². The van der Waals surface area contributed by atoms with Crippen molar-refractivity contribution in [2.45, 2.75) is 0 Å². The maximum absolute atomic E-state index is 6.28. The van der Waals surface area contributed by atoms with Gasteiger partial charge in [0.05, 0.1) is 11.0 Å². The van der Waals surface area contributed by atoms with Gasteiger partial charge in [-0.15, -0.1) is 0 Å². The largest absolute Gasteiger partial charge is 0.456 e. The lowest BCUT2D eigenvalue weighted by molar-refractivity contribution is 0.669. The molecule has 0 N–H and O–H groups in total. The van der Waals surface area contributed by atoms with E-state index in [0.29, 0.717) is 0 Å². The lowest BCUT2D eigenvalue weighted by Gasteiger charge is -2.25. The number of furan rings is 1.